The molecule has 1 unspecified atom stereocenters. The van der Waals surface area contributed by atoms with E-state index in [0.717, 1.165) is 25.7 Å². The van der Waals surface area contributed by atoms with Crippen LogP contribution in [-0.2, 0) is 26.7 Å². The fourth-order valence-electron chi connectivity index (χ4n) is 3.28. The van der Waals surface area contributed by atoms with Gasteiger partial charge in [-0.2, -0.15) is 0 Å². The Labute approximate surface area is 139 Å². The lowest BCUT2D eigenvalue weighted by atomic mass is 10.0. The Kier molecular flexibility index (Phi) is 5.47. The van der Waals surface area contributed by atoms with Crippen molar-refractivity contribution in [2.75, 3.05) is 6.54 Å². The van der Waals surface area contributed by atoms with E-state index in [0.29, 0.717) is 0 Å². The number of nitrogens with zero attached hydrogens (tertiary/aromatic N) is 3. The number of likely N-dealkylation sites (tertiary alicyclic amines) is 1. The van der Waals surface area contributed by atoms with Gasteiger partial charge in [-0.1, -0.05) is 30.7 Å². The fraction of sp³-hybridized carbons (Fsp3) is 0.526. The van der Waals surface area contributed by atoms with E-state index in [2.05, 4.69) is 51.0 Å². The molecule has 1 aliphatic rings. The Balaban J connectivity index is 1.48. The topological polar surface area (TPSA) is 33.1 Å². The van der Waals surface area contributed by atoms with E-state index in [9.17, 15) is 0 Å². The molecule has 0 radical (unpaired) electrons. The van der Waals surface area contributed by atoms with Crippen molar-refractivity contribution in [3.05, 3.63) is 53.6 Å². The van der Waals surface area contributed by atoms with Crippen LogP contribution in [0.2, 0.25) is 0 Å². The molecule has 2 aromatic rings. The number of aryl methyl sites for hydroxylation is 1. The summed E-state index contributed by atoms with van der Waals surface area (Å²) in [5.41, 5.74) is 3.97. The first kappa shape index (κ1) is 16.2. The molecule has 1 fully saturated rings. The molecular weight excluding hydrogens is 284 g/mol. The second-order valence-electron chi connectivity index (χ2n) is 6.73. The number of aromatic nitrogens is 2. The van der Waals surface area contributed by atoms with Crippen molar-refractivity contribution in [1.29, 1.82) is 0 Å². The van der Waals surface area contributed by atoms with Crippen LogP contribution in [0.3, 0.4) is 0 Å². The molecule has 0 bridgehead atoms. The van der Waals surface area contributed by atoms with Gasteiger partial charge in [0.15, 0.2) is 0 Å². The van der Waals surface area contributed by atoms with Crippen molar-refractivity contribution in [3.63, 3.8) is 0 Å². The third-order valence-corrected chi connectivity index (χ3v) is 4.90. The van der Waals surface area contributed by atoms with Gasteiger partial charge in [0.2, 0.25) is 0 Å². The molecule has 124 valence electrons. The predicted molar refractivity (Wildman–Crippen MR) is 93.9 cm³/mol. The highest BCUT2D eigenvalue weighted by Gasteiger charge is 2.17. The lowest BCUT2D eigenvalue weighted by Crippen LogP contribution is -2.36. The van der Waals surface area contributed by atoms with Gasteiger partial charge in [-0.25, -0.2) is 4.98 Å². The van der Waals surface area contributed by atoms with Gasteiger partial charge in [-0.3, -0.25) is 4.90 Å². The van der Waals surface area contributed by atoms with Crippen LogP contribution in [0, 0.1) is 0 Å². The Bertz CT molecular complexity index is 602. The zero-order chi connectivity index (χ0) is 16.1. The molecule has 1 atom stereocenters. The van der Waals surface area contributed by atoms with Crippen LogP contribution >= 0.6 is 0 Å². The fourth-order valence-corrected chi connectivity index (χ4v) is 3.28. The lowest BCUT2D eigenvalue weighted by molar-refractivity contribution is 0.152. The minimum Gasteiger partial charge on any atom is -0.337 e. The molecule has 4 heteroatoms. The van der Waals surface area contributed by atoms with Crippen molar-refractivity contribution in [2.45, 2.75) is 51.9 Å². The van der Waals surface area contributed by atoms with Crippen LogP contribution in [0.25, 0.3) is 0 Å². The first-order valence-corrected chi connectivity index (χ1v) is 8.70. The Hall–Kier alpha value is -1.65. The minimum absolute atomic E-state index is 0.726. The van der Waals surface area contributed by atoms with E-state index in [1.807, 2.05) is 19.6 Å². The molecule has 23 heavy (non-hydrogen) atoms. The number of benzene rings is 1. The SMILES string of the molecule is CC1CCCCN1Cc1ccc(CNCc2cncn2C)cc1. The molecule has 0 saturated carbocycles. The Morgan fingerprint density at radius 2 is 1.91 bits per heavy atom. The van der Waals surface area contributed by atoms with Gasteiger partial charge in [0.1, 0.15) is 0 Å². The van der Waals surface area contributed by atoms with E-state index in [4.69, 9.17) is 0 Å². The van der Waals surface area contributed by atoms with Gasteiger partial charge in [0, 0.05) is 38.9 Å². The lowest BCUT2D eigenvalue weighted by Gasteiger charge is -2.33. The largest absolute Gasteiger partial charge is 0.337 e. The third kappa shape index (κ3) is 4.43. The highest BCUT2D eigenvalue weighted by molar-refractivity contribution is 5.22. The molecule has 1 N–H and O–H groups in total. The first-order chi connectivity index (χ1) is 11.2. The van der Waals surface area contributed by atoms with Gasteiger partial charge >= 0.3 is 0 Å². The number of hydrogen-bond acceptors (Lipinski definition) is 3. The van der Waals surface area contributed by atoms with Crippen molar-refractivity contribution in [1.82, 2.24) is 19.8 Å². The average Bonchev–Trinajstić information content (AvgIpc) is 2.97. The van der Waals surface area contributed by atoms with Gasteiger partial charge in [0.05, 0.1) is 12.0 Å². The maximum Gasteiger partial charge on any atom is 0.0945 e. The second-order valence-corrected chi connectivity index (χ2v) is 6.73. The van der Waals surface area contributed by atoms with E-state index in [1.54, 1.807) is 0 Å². The van der Waals surface area contributed by atoms with Crippen molar-refractivity contribution in [3.8, 4) is 0 Å². The second kappa shape index (κ2) is 7.75. The van der Waals surface area contributed by atoms with Crippen molar-refractivity contribution < 1.29 is 0 Å². The summed E-state index contributed by atoms with van der Waals surface area (Å²) in [5.74, 6) is 0. The van der Waals surface area contributed by atoms with E-state index >= 15 is 0 Å². The van der Waals surface area contributed by atoms with Crippen LogP contribution in [0.4, 0.5) is 0 Å². The minimum atomic E-state index is 0.726. The Morgan fingerprint density at radius 3 is 2.61 bits per heavy atom. The number of nitrogens with one attached hydrogen (secondary N) is 1. The standard InChI is InChI=1S/C19H28N4/c1-16-5-3-4-10-23(16)14-18-8-6-17(7-9-18)11-20-12-19-13-21-15-22(19)2/h6-9,13,15-16,20H,3-5,10-12,14H2,1-2H3. The molecule has 1 aromatic carbocycles. The molecule has 4 nitrogen and oxygen atoms in total. The Morgan fingerprint density at radius 1 is 1.13 bits per heavy atom. The molecule has 3 rings (SSSR count). The highest BCUT2D eigenvalue weighted by atomic mass is 15.2. The maximum absolute atomic E-state index is 4.14. The normalized spacial score (nSPS) is 19.1. The van der Waals surface area contributed by atoms with E-state index in [-0.39, 0.29) is 0 Å². The van der Waals surface area contributed by atoms with Gasteiger partial charge in [-0.15, -0.1) is 0 Å². The number of piperidine rings is 1. The zero-order valence-electron chi connectivity index (χ0n) is 14.3. The molecule has 0 aliphatic carbocycles. The van der Waals surface area contributed by atoms with E-state index < -0.39 is 0 Å². The number of imidazole rings is 1. The summed E-state index contributed by atoms with van der Waals surface area (Å²) in [6, 6.07) is 9.79. The molecule has 0 spiro atoms. The molecular formula is C19H28N4. The molecule has 0 amide bonds. The van der Waals surface area contributed by atoms with Crippen LogP contribution in [0.15, 0.2) is 36.8 Å². The summed E-state index contributed by atoms with van der Waals surface area (Å²) in [6.07, 6.45) is 7.83. The zero-order valence-corrected chi connectivity index (χ0v) is 14.3. The van der Waals surface area contributed by atoms with Crippen LogP contribution in [-0.4, -0.2) is 27.0 Å². The smallest absolute Gasteiger partial charge is 0.0945 e. The van der Waals surface area contributed by atoms with Crippen LogP contribution in [0.1, 0.15) is 43.0 Å². The maximum atomic E-state index is 4.14. The predicted octanol–water partition coefficient (Wildman–Crippen LogP) is 3.08. The molecule has 1 aliphatic heterocycles. The van der Waals surface area contributed by atoms with Gasteiger partial charge in [-0.05, 0) is 37.4 Å². The monoisotopic (exact) mass is 312 g/mol. The quantitative estimate of drug-likeness (QED) is 0.890. The third-order valence-electron chi connectivity index (χ3n) is 4.90. The summed E-state index contributed by atoms with van der Waals surface area (Å²) in [7, 11) is 2.03. The molecule has 1 aromatic heterocycles. The molecule has 1 saturated heterocycles. The summed E-state index contributed by atoms with van der Waals surface area (Å²) in [5, 5.41) is 3.48. The van der Waals surface area contributed by atoms with Crippen molar-refractivity contribution >= 4 is 0 Å². The van der Waals surface area contributed by atoms with Gasteiger partial charge < -0.3 is 9.88 Å². The van der Waals surface area contributed by atoms with Crippen molar-refractivity contribution in [2.24, 2.45) is 7.05 Å². The summed E-state index contributed by atoms with van der Waals surface area (Å²) >= 11 is 0. The van der Waals surface area contributed by atoms with Crippen LogP contribution < -0.4 is 5.32 Å². The summed E-state index contributed by atoms with van der Waals surface area (Å²) < 4.78 is 2.05. The molecule has 2 heterocycles. The van der Waals surface area contributed by atoms with Crippen LogP contribution in [0.5, 0.6) is 0 Å². The summed E-state index contributed by atoms with van der Waals surface area (Å²) in [4.78, 5) is 6.75. The van der Waals surface area contributed by atoms with E-state index in [1.165, 1.54) is 42.6 Å². The first-order valence-electron chi connectivity index (χ1n) is 8.70. The average molecular weight is 312 g/mol. The number of rotatable bonds is 6. The number of hydrogen-bond donors (Lipinski definition) is 1. The highest BCUT2D eigenvalue weighted by Crippen LogP contribution is 2.19. The van der Waals surface area contributed by atoms with Gasteiger partial charge in [0.25, 0.3) is 0 Å². The summed E-state index contributed by atoms with van der Waals surface area (Å²) in [6.45, 7) is 6.43.